The largest absolute Gasteiger partial charge is 0.506 e. The number of guanidine groups is 1. The molecular weight excluding hydrogens is 350 g/mol. The highest BCUT2D eigenvalue weighted by molar-refractivity contribution is 5.80. The lowest BCUT2D eigenvalue weighted by Crippen LogP contribution is -2.52. The number of phenols is 1. The van der Waals surface area contributed by atoms with Crippen molar-refractivity contribution in [1.29, 1.82) is 0 Å². The molecule has 2 fully saturated rings. The summed E-state index contributed by atoms with van der Waals surface area (Å²) in [5, 5.41) is 13.6. The summed E-state index contributed by atoms with van der Waals surface area (Å²) in [6.07, 6.45) is 4.08. The average Bonchev–Trinajstić information content (AvgIpc) is 2.72. The fraction of sp³-hybridized carbons (Fsp3) is 0.682. The number of phenolic OH excluding ortho intramolecular Hbond substituents is 1. The van der Waals surface area contributed by atoms with E-state index in [1.165, 1.54) is 32.4 Å². The van der Waals surface area contributed by atoms with Gasteiger partial charge in [0.1, 0.15) is 5.75 Å². The second kappa shape index (κ2) is 10.6. The molecule has 0 radical (unpaired) electrons. The highest BCUT2D eigenvalue weighted by atomic mass is 16.3. The summed E-state index contributed by atoms with van der Waals surface area (Å²) >= 11 is 0. The van der Waals surface area contributed by atoms with E-state index in [9.17, 15) is 5.11 Å². The summed E-state index contributed by atoms with van der Waals surface area (Å²) in [7, 11) is 0. The second-order valence-electron chi connectivity index (χ2n) is 8.12. The van der Waals surface area contributed by atoms with Gasteiger partial charge in [-0.1, -0.05) is 25.5 Å². The third-order valence-electron chi connectivity index (χ3n) is 5.71. The van der Waals surface area contributed by atoms with Gasteiger partial charge in [0.15, 0.2) is 5.96 Å². The Labute approximate surface area is 170 Å². The van der Waals surface area contributed by atoms with E-state index < -0.39 is 0 Å². The van der Waals surface area contributed by atoms with Crippen LogP contribution in [0.1, 0.15) is 33.1 Å². The maximum Gasteiger partial charge on any atom is 0.194 e. The van der Waals surface area contributed by atoms with Gasteiger partial charge in [-0.25, -0.2) is 0 Å². The molecule has 28 heavy (non-hydrogen) atoms. The summed E-state index contributed by atoms with van der Waals surface area (Å²) in [6.45, 7) is 13.5. The Bertz CT molecular complexity index is 621. The molecule has 2 heterocycles. The molecule has 0 saturated carbocycles. The second-order valence-corrected chi connectivity index (χ2v) is 8.12. The molecule has 1 aromatic carbocycles. The van der Waals surface area contributed by atoms with Gasteiger partial charge in [0.25, 0.3) is 0 Å². The van der Waals surface area contributed by atoms with E-state index in [-0.39, 0.29) is 0 Å². The number of anilines is 1. The number of piperidine rings is 1. The van der Waals surface area contributed by atoms with E-state index in [0.717, 1.165) is 57.5 Å². The molecule has 0 spiro atoms. The molecule has 0 amide bonds. The van der Waals surface area contributed by atoms with E-state index in [1.54, 1.807) is 6.07 Å². The average molecular weight is 388 g/mol. The topological polar surface area (TPSA) is 54.3 Å². The molecule has 0 aliphatic carbocycles. The molecule has 0 bridgehead atoms. The van der Waals surface area contributed by atoms with Gasteiger partial charge in [0.05, 0.1) is 5.69 Å². The Kier molecular flexibility index (Phi) is 7.83. The van der Waals surface area contributed by atoms with Gasteiger partial charge in [-0.15, -0.1) is 0 Å². The Morgan fingerprint density at radius 1 is 1.07 bits per heavy atom. The molecule has 2 aliphatic heterocycles. The van der Waals surface area contributed by atoms with Gasteiger partial charge in [-0.2, -0.15) is 0 Å². The van der Waals surface area contributed by atoms with Crippen molar-refractivity contribution in [3.05, 3.63) is 24.3 Å². The SMILES string of the molecule is CCNC(=NCC(C)CN1CCCCC1)N1CCN(c2ccccc2O)CC1. The van der Waals surface area contributed by atoms with Crippen LogP contribution in [0.25, 0.3) is 0 Å². The number of para-hydroxylation sites is 2. The Balaban J connectivity index is 1.52. The van der Waals surface area contributed by atoms with Crippen molar-refractivity contribution in [3.63, 3.8) is 0 Å². The zero-order chi connectivity index (χ0) is 19.8. The summed E-state index contributed by atoms with van der Waals surface area (Å²) in [4.78, 5) is 12.2. The number of nitrogens with one attached hydrogen (secondary N) is 1. The Morgan fingerprint density at radius 3 is 2.46 bits per heavy atom. The Hall–Kier alpha value is -1.95. The Morgan fingerprint density at radius 2 is 1.79 bits per heavy atom. The summed E-state index contributed by atoms with van der Waals surface area (Å²) in [6, 6.07) is 7.61. The van der Waals surface area contributed by atoms with Gasteiger partial charge in [-0.05, 0) is 50.9 Å². The van der Waals surface area contributed by atoms with Crippen LogP contribution in [-0.2, 0) is 0 Å². The van der Waals surface area contributed by atoms with Crippen molar-refractivity contribution in [1.82, 2.24) is 15.1 Å². The highest BCUT2D eigenvalue weighted by Crippen LogP contribution is 2.27. The summed E-state index contributed by atoms with van der Waals surface area (Å²) in [5.74, 6) is 1.97. The van der Waals surface area contributed by atoms with Gasteiger partial charge < -0.3 is 25.1 Å². The lowest BCUT2D eigenvalue weighted by Gasteiger charge is -2.38. The van der Waals surface area contributed by atoms with Crippen molar-refractivity contribution < 1.29 is 5.11 Å². The van der Waals surface area contributed by atoms with E-state index in [4.69, 9.17) is 4.99 Å². The minimum Gasteiger partial charge on any atom is -0.506 e. The number of rotatable bonds is 6. The predicted octanol–water partition coefficient (Wildman–Crippen LogP) is 2.60. The smallest absolute Gasteiger partial charge is 0.194 e. The van der Waals surface area contributed by atoms with Crippen LogP contribution in [0.2, 0.25) is 0 Å². The van der Waals surface area contributed by atoms with Gasteiger partial charge >= 0.3 is 0 Å². The molecule has 156 valence electrons. The van der Waals surface area contributed by atoms with Crippen molar-refractivity contribution >= 4 is 11.6 Å². The fourth-order valence-corrected chi connectivity index (χ4v) is 4.20. The first-order chi connectivity index (χ1) is 13.7. The number of piperazine rings is 1. The van der Waals surface area contributed by atoms with Crippen LogP contribution in [0, 0.1) is 5.92 Å². The minimum atomic E-state index is 0.364. The lowest BCUT2D eigenvalue weighted by molar-refractivity contribution is 0.202. The first-order valence-corrected chi connectivity index (χ1v) is 11.0. The molecule has 6 nitrogen and oxygen atoms in total. The van der Waals surface area contributed by atoms with Crippen LogP contribution in [0.5, 0.6) is 5.75 Å². The van der Waals surface area contributed by atoms with Gasteiger partial charge in [0.2, 0.25) is 0 Å². The van der Waals surface area contributed by atoms with Crippen LogP contribution in [0.15, 0.2) is 29.3 Å². The van der Waals surface area contributed by atoms with Gasteiger partial charge in [0, 0.05) is 45.8 Å². The normalized spacial score (nSPS) is 20.3. The molecular formula is C22H37N5O. The molecule has 2 saturated heterocycles. The molecule has 1 aromatic rings. The number of benzene rings is 1. The van der Waals surface area contributed by atoms with Crippen LogP contribution in [0.4, 0.5) is 5.69 Å². The molecule has 1 unspecified atom stereocenters. The molecule has 0 aromatic heterocycles. The first-order valence-electron chi connectivity index (χ1n) is 11.0. The van der Waals surface area contributed by atoms with Crippen molar-refractivity contribution in [2.75, 3.05) is 63.8 Å². The van der Waals surface area contributed by atoms with E-state index >= 15 is 0 Å². The number of nitrogens with zero attached hydrogens (tertiary/aromatic N) is 4. The van der Waals surface area contributed by atoms with Crippen LogP contribution < -0.4 is 10.2 Å². The maximum atomic E-state index is 10.1. The number of hydrogen-bond donors (Lipinski definition) is 2. The number of aliphatic imine (C=N–C) groups is 1. The number of aromatic hydroxyl groups is 1. The third kappa shape index (κ3) is 5.77. The van der Waals surface area contributed by atoms with E-state index in [2.05, 4.69) is 33.9 Å². The van der Waals surface area contributed by atoms with Crippen LogP contribution >= 0.6 is 0 Å². The molecule has 3 rings (SSSR count). The van der Waals surface area contributed by atoms with Crippen molar-refractivity contribution in [2.45, 2.75) is 33.1 Å². The summed E-state index contributed by atoms with van der Waals surface area (Å²) < 4.78 is 0. The zero-order valence-corrected chi connectivity index (χ0v) is 17.6. The molecule has 1 atom stereocenters. The molecule has 6 heteroatoms. The minimum absolute atomic E-state index is 0.364. The zero-order valence-electron chi connectivity index (χ0n) is 17.6. The first kappa shape index (κ1) is 20.8. The quantitative estimate of drug-likeness (QED) is 0.580. The molecule has 2 aliphatic rings. The monoisotopic (exact) mass is 387 g/mol. The summed E-state index contributed by atoms with van der Waals surface area (Å²) in [5.41, 5.74) is 0.930. The van der Waals surface area contributed by atoms with Crippen molar-refractivity contribution in [3.8, 4) is 5.75 Å². The lowest BCUT2D eigenvalue weighted by atomic mass is 10.1. The molecule has 2 N–H and O–H groups in total. The highest BCUT2D eigenvalue weighted by Gasteiger charge is 2.21. The predicted molar refractivity (Wildman–Crippen MR) is 117 cm³/mol. The number of hydrogen-bond acceptors (Lipinski definition) is 4. The van der Waals surface area contributed by atoms with Crippen LogP contribution in [0.3, 0.4) is 0 Å². The van der Waals surface area contributed by atoms with E-state index in [0.29, 0.717) is 11.7 Å². The fourth-order valence-electron chi connectivity index (χ4n) is 4.20. The van der Waals surface area contributed by atoms with E-state index in [1.807, 2.05) is 18.2 Å². The van der Waals surface area contributed by atoms with Gasteiger partial charge in [-0.3, -0.25) is 4.99 Å². The van der Waals surface area contributed by atoms with Crippen LogP contribution in [-0.4, -0.2) is 79.8 Å². The number of likely N-dealkylation sites (tertiary alicyclic amines) is 1. The standard InChI is InChI=1S/C22H37N5O/c1-3-23-22(24-17-19(2)18-25-11-7-4-8-12-25)27-15-13-26(14-16-27)20-9-5-6-10-21(20)28/h5-6,9-10,19,28H,3-4,7-8,11-18H2,1-2H3,(H,23,24). The third-order valence-corrected chi connectivity index (χ3v) is 5.71. The maximum absolute atomic E-state index is 10.1. The van der Waals surface area contributed by atoms with Crippen molar-refractivity contribution in [2.24, 2.45) is 10.9 Å².